The highest BCUT2D eigenvalue weighted by Gasteiger charge is 2.49. The quantitative estimate of drug-likeness (QED) is 0.0779. The Hall–Kier alpha value is -3.48. The first-order chi connectivity index (χ1) is 26.6. The van der Waals surface area contributed by atoms with Gasteiger partial charge in [0.15, 0.2) is 0 Å². The molecule has 0 saturated heterocycles. The van der Waals surface area contributed by atoms with Crippen molar-refractivity contribution in [1.29, 1.82) is 0 Å². The number of esters is 1. The van der Waals surface area contributed by atoms with Gasteiger partial charge in [-0.25, -0.2) is 4.79 Å². The van der Waals surface area contributed by atoms with Crippen LogP contribution in [0.5, 0.6) is 0 Å². The van der Waals surface area contributed by atoms with Crippen molar-refractivity contribution in [3.8, 4) is 0 Å². The summed E-state index contributed by atoms with van der Waals surface area (Å²) in [7, 11) is 0. The lowest BCUT2D eigenvalue weighted by Crippen LogP contribution is -2.71. The molecule has 0 radical (unpaired) electrons. The van der Waals surface area contributed by atoms with Crippen LogP contribution < -0.4 is 26.6 Å². The van der Waals surface area contributed by atoms with Crippen molar-refractivity contribution in [3.63, 3.8) is 0 Å². The number of rotatable bonds is 21. The standard InChI is InChI=1S/C46H78BrN5O7/c1-28(2)23-42(14,48-35(53)33-19-21-34(47)22-20-33)36(54)49-43(15,24-29(3)4)37(55)50-44(16,25-30(5)6)38(56)51-45(17,26-31(7)8)39(57)52-46(18,27-32(9)10)40(58)59-41(11,12)13/h19-22,28-32H,23-27H2,1-18H3,(H,48,53)(H,49,54)(H,50,55)(H,51,56)(H,52,57)/t42-,43-,44-,45-,46-/m0/s1. The number of halogens is 1. The number of benzene rings is 1. The van der Waals surface area contributed by atoms with Gasteiger partial charge in [-0.1, -0.05) is 85.2 Å². The van der Waals surface area contributed by atoms with Crippen molar-refractivity contribution in [2.75, 3.05) is 0 Å². The van der Waals surface area contributed by atoms with E-state index in [4.69, 9.17) is 4.74 Å². The second kappa shape index (κ2) is 20.9. The van der Waals surface area contributed by atoms with Gasteiger partial charge >= 0.3 is 5.97 Å². The predicted molar refractivity (Wildman–Crippen MR) is 239 cm³/mol. The highest BCUT2D eigenvalue weighted by atomic mass is 79.9. The maximum atomic E-state index is 14.7. The molecule has 5 N–H and O–H groups in total. The molecule has 0 bridgehead atoms. The van der Waals surface area contributed by atoms with Gasteiger partial charge in [0, 0.05) is 10.0 Å². The van der Waals surface area contributed by atoms with E-state index in [0.29, 0.717) is 12.0 Å². The zero-order valence-corrected chi connectivity index (χ0v) is 41.1. The Balaban J connectivity index is 3.67. The van der Waals surface area contributed by atoms with Gasteiger partial charge in [0.2, 0.25) is 23.6 Å². The molecular weight excluding hydrogens is 814 g/mol. The normalized spacial score (nSPS) is 17.2. The van der Waals surface area contributed by atoms with Crippen molar-refractivity contribution in [2.45, 2.75) is 190 Å². The van der Waals surface area contributed by atoms with Crippen molar-refractivity contribution < 1.29 is 33.5 Å². The first-order valence-electron chi connectivity index (χ1n) is 21.2. The lowest BCUT2D eigenvalue weighted by molar-refractivity contribution is -0.165. The highest BCUT2D eigenvalue weighted by molar-refractivity contribution is 9.10. The Kier molecular flexibility index (Phi) is 18.9. The van der Waals surface area contributed by atoms with E-state index in [9.17, 15) is 28.8 Å². The average molecular weight is 893 g/mol. The van der Waals surface area contributed by atoms with E-state index in [1.165, 1.54) is 0 Å². The van der Waals surface area contributed by atoms with Crippen LogP contribution in [0.4, 0.5) is 0 Å². The third-order valence-corrected chi connectivity index (χ3v) is 10.5. The first kappa shape index (κ1) is 53.5. The van der Waals surface area contributed by atoms with Gasteiger partial charge < -0.3 is 31.3 Å². The first-order valence-corrected chi connectivity index (χ1v) is 22.0. The average Bonchev–Trinajstić information content (AvgIpc) is 3.02. The summed E-state index contributed by atoms with van der Waals surface area (Å²) in [5.74, 6) is -3.46. The number of hydrogen-bond acceptors (Lipinski definition) is 7. The van der Waals surface area contributed by atoms with E-state index in [-0.39, 0.29) is 55.3 Å². The molecule has 1 aromatic carbocycles. The summed E-state index contributed by atoms with van der Waals surface area (Å²) in [4.78, 5) is 85.3. The minimum atomic E-state index is -1.55. The van der Waals surface area contributed by atoms with Gasteiger partial charge in [0.1, 0.15) is 33.3 Å². The van der Waals surface area contributed by atoms with Crippen molar-refractivity contribution in [3.05, 3.63) is 34.3 Å². The lowest BCUT2D eigenvalue weighted by atomic mass is 9.82. The van der Waals surface area contributed by atoms with Gasteiger partial charge in [-0.2, -0.15) is 0 Å². The molecule has 5 atom stereocenters. The summed E-state index contributed by atoms with van der Waals surface area (Å²) in [6.45, 7) is 32.8. The topological polar surface area (TPSA) is 172 Å². The smallest absolute Gasteiger partial charge is 0.332 e. The zero-order chi connectivity index (χ0) is 46.1. The monoisotopic (exact) mass is 892 g/mol. The molecule has 59 heavy (non-hydrogen) atoms. The molecular formula is C46H78BrN5O7. The Morgan fingerprint density at radius 2 is 0.712 bits per heavy atom. The molecule has 5 amide bonds. The molecule has 0 fully saturated rings. The van der Waals surface area contributed by atoms with E-state index in [1.54, 1.807) is 79.7 Å². The van der Waals surface area contributed by atoms with Crippen LogP contribution in [-0.4, -0.2) is 68.8 Å². The van der Waals surface area contributed by atoms with Crippen molar-refractivity contribution in [1.82, 2.24) is 26.6 Å². The maximum absolute atomic E-state index is 14.7. The molecule has 0 aromatic heterocycles. The second-order valence-electron chi connectivity index (χ2n) is 20.9. The van der Waals surface area contributed by atoms with Gasteiger partial charge in [-0.15, -0.1) is 0 Å². The van der Waals surface area contributed by atoms with Gasteiger partial charge in [0.25, 0.3) is 5.91 Å². The Morgan fingerprint density at radius 3 is 0.983 bits per heavy atom. The maximum Gasteiger partial charge on any atom is 0.332 e. The summed E-state index contributed by atoms with van der Waals surface area (Å²) >= 11 is 3.39. The fraction of sp³-hybridized carbons (Fsp3) is 0.739. The minimum absolute atomic E-state index is 0.00361. The molecule has 0 unspecified atom stereocenters. The molecule has 0 heterocycles. The third-order valence-electron chi connectivity index (χ3n) is 9.99. The third kappa shape index (κ3) is 16.5. The van der Waals surface area contributed by atoms with Crippen LogP contribution in [0.2, 0.25) is 0 Å². The summed E-state index contributed by atoms with van der Waals surface area (Å²) < 4.78 is 6.56. The number of carbonyl (C=O) groups excluding carboxylic acids is 6. The Morgan fingerprint density at radius 1 is 0.458 bits per heavy atom. The largest absolute Gasteiger partial charge is 0.458 e. The van der Waals surface area contributed by atoms with Crippen LogP contribution >= 0.6 is 15.9 Å². The van der Waals surface area contributed by atoms with Crippen LogP contribution in [0.1, 0.15) is 167 Å². The molecule has 336 valence electrons. The van der Waals surface area contributed by atoms with Crippen LogP contribution in [0.15, 0.2) is 28.7 Å². The Labute approximate surface area is 364 Å². The lowest BCUT2D eigenvalue weighted by Gasteiger charge is -2.42. The summed E-state index contributed by atoms with van der Waals surface area (Å²) in [6, 6.07) is 6.81. The predicted octanol–water partition coefficient (Wildman–Crippen LogP) is 8.01. The fourth-order valence-corrected chi connectivity index (χ4v) is 8.20. The molecule has 1 aromatic rings. The summed E-state index contributed by atoms with van der Waals surface area (Å²) in [6.07, 6.45) is 1.23. The SMILES string of the molecule is CC(C)C[C@](C)(NC(=O)c1ccc(Br)cc1)C(=O)N[C@@](C)(CC(C)C)C(=O)N[C@@](C)(CC(C)C)C(=O)N[C@@](C)(CC(C)C)C(=O)N[C@@](C)(CC(C)C)C(=O)OC(C)(C)C. The van der Waals surface area contributed by atoms with E-state index >= 15 is 0 Å². The molecule has 0 saturated carbocycles. The fourth-order valence-electron chi connectivity index (χ4n) is 7.94. The van der Waals surface area contributed by atoms with Gasteiger partial charge in [-0.05, 0) is 141 Å². The highest BCUT2D eigenvalue weighted by Crippen LogP contribution is 2.29. The van der Waals surface area contributed by atoms with E-state index < -0.39 is 68.8 Å². The number of amides is 5. The number of carbonyl (C=O) groups is 6. The molecule has 13 heteroatoms. The summed E-state index contributed by atoms with van der Waals surface area (Å²) in [5, 5.41) is 14.9. The van der Waals surface area contributed by atoms with Gasteiger partial charge in [-0.3, -0.25) is 24.0 Å². The zero-order valence-electron chi connectivity index (χ0n) is 39.5. The molecule has 0 spiro atoms. The molecule has 0 aliphatic carbocycles. The number of nitrogens with one attached hydrogen (secondary N) is 5. The van der Waals surface area contributed by atoms with Crippen LogP contribution in [0.25, 0.3) is 0 Å². The van der Waals surface area contributed by atoms with Crippen molar-refractivity contribution >= 4 is 51.4 Å². The molecule has 0 aliphatic rings. The minimum Gasteiger partial charge on any atom is -0.458 e. The van der Waals surface area contributed by atoms with Crippen LogP contribution in [0, 0.1) is 29.6 Å². The number of ether oxygens (including phenoxy) is 1. The molecule has 1 rings (SSSR count). The van der Waals surface area contributed by atoms with Crippen LogP contribution in [-0.2, 0) is 28.7 Å². The second-order valence-corrected chi connectivity index (χ2v) is 21.8. The van der Waals surface area contributed by atoms with E-state index in [1.807, 2.05) is 69.2 Å². The van der Waals surface area contributed by atoms with E-state index in [2.05, 4.69) is 42.5 Å². The van der Waals surface area contributed by atoms with Crippen molar-refractivity contribution in [2.24, 2.45) is 29.6 Å². The van der Waals surface area contributed by atoms with Gasteiger partial charge in [0.05, 0.1) is 0 Å². The summed E-state index contributed by atoms with van der Waals surface area (Å²) in [5.41, 5.74) is -7.78. The van der Waals surface area contributed by atoms with E-state index in [0.717, 1.165) is 4.47 Å². The van der Waals surface area contributed by atoms with Crippen LogP contribution in [0.3, 0.4) is 0 Å². The Bertz CT molecular complexity index is 1640. The molecule has 12 nitrogen and oxygen atoms in total. The molecule has 0 aliphatic heterocycles. The number of hydrogen-bond donors (Lipinski definition) is 5.